The number of benzene rings is 1. The Bertz CT molecular complexity index is 326. The molecule has 0 atom stereocenters. The van der Waals surface area contributed by atoms with Gasteiger partial charge in [-0.1, -0.05) is 30.3 Å². The molecule has 2 rings (SSSR count). The molecule has 1 saturated heterocycles. The van der Waals surface area contributed by atoms with Crippen molar-refractivity contribution in [2.24, 2.45) is 0 Å². The molecule has 2 heteroatoms. The number of rotatable bonds is 3. The minimum absolute atomic E-state index is 0. The van der Waals surface area contributed by atoms with Crippen LogP contribution in [0.4, 0.5) is 0 Å². The van der Waals surface area contributed by atoms with Gasteiger partial charge in [-0.15, -0.1) is 0 Å². The fourth-order valence-corrected chi connectivity index (χ4v) is 4.19. The topological polar surface area (TPSA) is 0 Å². The lowest BCUT2D eigenvalue weighted by Gasteiger charge is -2.01. The van der Waals surface area contributed by atoms with Gasteiger partial charge in [0.1, 0.15) is 17.3 Å². The summed E-state index contributed by atoms with van der Waals surface area (Å²) in [5, 5.41) is 0. The molecule has 0 radical (unpaired) electrons. The lowest BCUT2D eigenvalue weighted by atomic mass is 10.1. The molecule has 0 unspecified atom stereocenters. The highest BCUT2D eigenvalue weighted by atomic mass is 79.9. The smallest absolute Gasteiger partial charge is 0.126 e. The minimum atomic E-state index is 0. The molecule has 0 aromatic heterocycles. The van der Waals surface area contributed by atoms with Crippen molar-refractivity contribution in [3.05, 3.63) is 42.0 Å². The molecule has 0 amide bonds. The lowest BCUT2D eigenvalue weighted by Crippen LogP contribution is -3.00. The van der Waals surface area contributed by atoms with Crippen molar-refractivity contribution in [3.8, 4) is 0 Å². The van der Waals surface area contributed by atoms with Crippen LogP contribution >= 0.6 is 0 Å². The summed E-state index contributed by atoms with van der Waals surface area (Å²) in [4.78, 5) is 0. The Hall–Kier alpha value is -0.210. The Morgan fingerprint density at radius 1 is 1.19 bits per heavy atom. The third-order valence-electron chi connectivity index (χ3n) is 2.97. The van der Waals surface area contributed by atoms with Crippen LogP contribution < -0.4 is 17.0 Å². The van der Waals surface area contributed by atoms with E-state index in [9.17, 15) is 0 Å². The summed E-state index contributed by atoms with van der Waals surface area (Å²) in [5.41, 5.74) is 2.82. The van der Waals surface area contributed by atoms with Crippen molar-refractivity contribution in [2.75, 3.05) is 17.3 Å². The molecule has 0 N–H and O–H groups in total. The molecular weight excluding hydrogens is 280 g/mol. The van der Waals surface area contributed by atoms with Gasteiger partial charge in [-0.05, 0) is 47.9 Å². The zero-order chi connectivity index (χ0) is 10.5. The predicted molar refractivity (Wildman–Crippen MR) is 71.3 cm³/mol. The average Bonchev–Trinajstić information content (AvgIpc) is 2.80. The SMILES string of the molecule is C/C(=C/C[S+]1CCCC1)c1ccccc1.[Br-]. The molecule has 0 spiro atoms. The van der Waals surface area contributed by atoms with Crippen LogP contribution in [0, 0.1) is 0 Å². The normalized spacial score (nSPS) is 17.2. The van der Waals surface area contributed by atoms with Gasteiger partial charge in [0.15, 0.2) is 0 Å². The summed E-state index contributed by atoms with van der Waals surface area (Å²) < 4.78 is 0. The van der Waals surface area contributed by atoms with Gasteiger partial charge in [0, 0.05) is 0 Å². The van der Waals surface area contributed by atoms with E-state index in [0.29, 0.717) is 10.9 Å². The Morgan fingerprint density at radius 3 is 2.44 bits per heavy atom. The third-order valence-corrected chi connectivity index (χ3v) is 5.34. The van der Waals surface area contributed by atoms with E-state index >= 15 is 0 Å². The summed E-state index contributed by atoms with van der Waals surface area (Å²) in [7, 11) is 0.702. The zero-order valence-electron chi connectivity index (χ0n) is 9.79. The molecule has 1 fully saturated rings. The van der Waals surface area contributed by atoms with Gasteiger partial charge >= 0.3 is 0 Å². The quantitative estimate of drug-likeness (QED) is 0.713. The summed E-state index contributed by atoms with van der Waals surface area (Å²) in [6.45, 7) is 2.23. The Balaban J connectivity index is 0.00000128. The zero-order valence-corrected chi connectivity index (χ0v) is 12.2. The van der Waals surface area contributed by atoms with Crippen molar-refractivity contribution in [2.45, 2.75) is 19.8 Å². The number of hydrogen-bond donors (Lipinski definition) is 0. The van der Waals surface area contributed by atoms with Crippen LogP contribution in [-0.2, 0) is 10.9 Å². The fraction of sp³-hybridized carbons (Fsp3) is 0.429. The molecule has 1 heterocycles. The van der Waals surface area contributed by atoms with E-state index in [-0.39, 0.29) is 17.0 Å². The first-order valence-corrected chi connectivity index (χ1v) is 7.46. The minimum Gasteiger partial charge on any atom is -1.00 e. The first-order valence-electron chi connectivity index (χ1n) is 5.72. The lowest BCUT2D eigenvalue weighted by molar-refractivity contribution is -0.00000309. The van der Waals surface area contributed by atoms with E-state index in [0.717, 1.165) is 0 Å². The van der Waals surface area contributed by atoms with Crippen molar-refractivity contribution < 1.29 is 17.0 Å². The summed E-state index contributed by atoms with van der Waals surface area (Å²) in [6, 6.07) is 10.7. The van der Waals surface area contributed by atoms with Gasteiger partial charge in [0.05, 0.1) is 0 Å². The van der Waals surface area contributed by atoms with Crippen molar-refractivity contribution in [1.29, 1.82) is 0 Å². The molecule has 1 aromatic carbocycles. The van der Waals surface area contributed by atoms with Gasteiger partial charge in [0.2, 0.25) is 0 Å². The van der Waals surface area contributed by atoms with Crippen LogP contribution in [0.5, 0.6) is 0 Å². The van der Waals surface area contributed by atoms with Crippen LogP contribution in [0.2, 0.25) is 0 Å². The van der Waals surface area contributed by atoms with Crippen LogP contribution in [0.3, 0.4) is 0 Å². The van der Waals surface area contributed by atoms with Gasteiger partial charge in [-0.3, -0.25) is 0 Å². The Labute approximate surface area is 112 Å². The van der Waals surface area contributed by atoms with Crippen LogP contribution in [-0.4, -0.2) is 17.3 Å². The Kier molecular flexibility index (Phi) is 6.22. The molecule has 88 valence electrons. The standard InChI is InChI=1S/C14H19S.BrH/c1-13(14-7-3-2-4-8-14)9-12-15-10-5-6-11-15;/h2-4,7-9H,5-6,10-12H2,1H3;1H/q+1;/p-1/b13-9-;. The largest absolute Gasteiger partial charge is 1.00 e. The van der Waals surface area contributed by atoms with E-state index in [4.69, 9.17) is 0 Å². The molecule has 0 aliphatic carbocycles. The van der Waals surface area contributed by atoms with Gasteiger partial charge in [-0.25, -0.2) is 0 Å². The molecule has 1 aliphatic heterocycles. The number of allylic oxidation sites excluding steroid dienone is 1. The van der Waals surface area contributed by atoms with Crippen LogP contribution in [0.1, 0.15) is 25.3 Å². The van der Waals surface area contributed by atoms with Crippen LogP contribution in [0.15, 0.2) is 36.4 Å². The first-order chi connectivity index (χ1) is 7.36. The molecule has 1 aromatic rings. The van der Waals surface area contributed by atoms with Crippen molar-refractivity contribution in [3.63, 3.8) is 0 Å². The van der Waals surface area contributed by atoms with E-state index in [1.54, 1.807) is 0 Å². The maximum absolute atomic E-state index is 2.43. The summed E-state index contributed by atoms with van der Waals surface area (Å²) >= 11 is 0. The highest BCUT2D eigenvalue weighted by Crippen LogP contribution is 2.17. The predicted octanol–water partition coefficient (Wildman–Crippen LogP) is 0.506. The second-order valence-corrected chi connectivity index (χ2v) is 6.52. The maximum Gasteiger partial charge on any atom is 0.126 e. The second kappa shape index (κ2) is 7.18. The van der Waals surface area contributed by atoms with Gasteiger partial charge in [0.25, 0.3) is 0 Å². The molecular formula is C14H19BrS. The van der Waals surface area contributed by atoms with E-state index in [1.807, 2.05) is 0 Å². The molecule has 0 saturated carbocycles. The van der Waals surface area contributed by atoms with Crippen molar-refractivity contribution in [1.82, 2.24) is 0 Å². The average molecular weight is 299 g/mol. The molecule has 0 nitrogen and oxygen atoms in total. The van der Waals surface area contributed by atoms with Gasteiger partial charge in [-0.2, -0.15) is 0 Å². The van der Waals surface area contributed by atoms with Crippen molar-refractivity contribution >= 4 is 16.5 Å². The second-order valence-electron chi connectivity index (χ2n) is 4.15. The van der Waals surface area contributed by atoms with E-state index < -0.39 is 0 Å². The number of hydrogen-bond acceptors (Lipinski definition) is 0. The third kappa shape index (κ3) is 3.99. The monoisotopic (exact) mass is 298 g/mol. The summed E-state index contributed by atoms with van der Waals surface area (Å²) in [5.74, 6) is 4.25. The Morgan fingerprint density at radius 2 is 1.81 bits per heavy atom. The van der Waals surface area contributed by atoms with E-state index in [1.165, 1.54) is 41.2 Å². The molecule has 0 bridgehead atoms. The molecule has 16 heavy (non-hydrogen) atoms. The number of halogens is 1. The highest BCUT2D eigenvalue weighted by Gasteiger charge is 2.22. The van der Waals surface area contributed by atoms with E-state index in [2.05, 4.69) is 43.3 Å². The summed E-state index contributed by atoms with van der Waals surface area (Å²) in [6.07, 6.45) is 5.35. The first kappa shape index (κ1) is 13.9. The molecule has 1 aliphatic rings. The van der Waals surface area contributed by atoms with Crippen LogP contribution in [0.25, 0.3) is 5.57 Å². The fourth-order valence-electron chi connectivity index (χ4n) is 1.94. The highest BCUT2D eigenvalue weighted by molar-refractivity contribution is 7.97. The van der Waals surface area contributed by atoms with Gasteiger partial charge < -0.3 is 17.0 Å². The maximum atomic E-state index is 2.43.